The third-order valence-corrected chi connectivity index (χ3v) is 5.01. The zero-order chi connectivity index (χ0) is 19.0. The fourth-order valence-corrected chi connectivity index (χ4v) is 3.67. The number of hydrogen-bond acceptors (Lipinski definition) is 3. The summed E-state index contributed by atoms with van der Waals surface area (Å²) in [5.74, 6) is -1.72. The van der Waals surface area contributed by atoms with Crippen molar-refractivity contribution in [3.05, 3.63) is 65.7 Å². The van der Waals surface area contributed by atoms with Crippen LogP contribution < -0.4 is 0 Å². The summed E-state index contributed by atoms with van der Waals surface area (Å²) in [6.45, 7) is 0.438. The third-order valence-electron chi connectivity index (χ3n) is 5.01. The van der Waals surface area contributed by atoms with E-state index in [1.54, 1.807) is 29.2 Å². The molecule has 4 rings (SSSR count). The van der Waals surface area contributed by atoms with Gasteiger partial charge >= 0.3 is 0 Å². The summed E-state index contributed by atoms with van der Waals surface area (Å²) in [6.07, 6.45) is 1.55. The molecule has 1 N–H and O–H groups in total. The molecular formula is C21H18F2N2O2. The maximum Gasteiger partial charge on any atom is 0.254 e. The predicted octanol–water partition coefficient (Wildman–Crippen LogP) is 3.78. The Hall–Kier alpha value is -2.86. The lowest BCUT2D eigenvalue weighted by atomic mass is 10.0. The highest BCUT2D eigenvalue weighted by Crippen LogP contribution is 2.30. The number of carbonyl (C=O) groups is 1. The molecule has 2 heterocycles. The SMILES string of the molecule is O=C(c1cc(-c2c(F)cccc2F)nc2ccccc12)N1CCCC1CO. The number of para-hydroxylation sites is 1. The molecule has 1 saturated heterocycles. The first kappa shape index (κ1) is 17.5. The Labute approximate surface area is 155 Å². The standard InChI is InChI=1S/C21H18F2N2O2/c22-16-7-3-8-17(23)20(16)19-11-15(14-6-1-2-9-18(14)24-19)21(27)25-10-4-5-13(25)12-26/h1-3,6-9,11,13,26H,4-5,10,12H2. The molecule has 4 nitrogen and oxygen atoms in total. The molecule has 0 saturated carbocycles. The van der Waals surface area contributed by atoms with Crippen molar-refractivity contribution < 1.29 is 18.7 Å². The minimum absolute atomic E-state index is 0.0763. The van der Waals surface area contributed by atoms with Crippen LogP contribution in [0.25, 0.3) is 22.2 Å². The van der Waals surface area contributed by atoms with E-state index in [2.05, 4.69) is 4.98 Å². The number of carbonyl (C=O) groups excluding carboxylic acids is 1. The molecule has 0 radical (unpaired) electrons. The normalized spacial score (nSPS) is 16.9. The molecule has 27 heavy (non-hydrogen) atoms. The van der Waals surface area contributed by atoms with Gasteiger partial charge in [-0.25, -0.2) is 13.8 Å². The minimum atomic E-state index is -0.731. The quantitative estimate of drug-likeness (QED) is 0.766. The smallest absolute Gasteiger partial charge is 0.254 e. The van der Waals surface area contributed by atoms with Gasteiger partial charge in [-0.3, -0.25) is 4.79 Å². The van der Waals surface area contributed by atoms with Gasteiger partial charge < -0.3 is 10.0 Å². The first-order chi connectivity index (χ1) is 13.1. The number of halogens is 2. The molecule has 6 heteroatoms. The lowest BCUT2D eigenvalue weighted by Crippen LogP contribution is -2.37. The summed E-state index contributed by atoms with van der Waals surface area (Å²) >= 11 is 0. The van der Waals surface area contributed by atoms with Crippen molar-refractivity contribution in [2.75, 3.05) is 13.2 Å². The monoisotopic (exact) mass is 368 g/mol. The van der Waals surface area contributed by atoms with E-state index >= 15 is 0 Å². The van der Waals surface area contributed by atoms with E-state index in [1.807, 2.05) is 0 Å². The lowest BCUT2D eigenvalue weighted by molar-refractivity contribution is 0.0679. The average Bonchev–Trinajstić information content (AvgIpc) is 3.15. The fourth-order valence-electron chi connectivity index (χ4n) is 3.67. The topological polar surface area (TPSA) is 53.4 Å². The highest BCUT2D eigenvalue weighted by atomic mass is 19.1. The third kappa shape index (κ3) is 3.06. The number of nitrogens with zero attached hydrogens (tertiary/aromatic N) is 2. The van der Waals surface area contributed by atoms with Gasteiger partial charge in [-0.1, -0.05) is 24.3 Å². The van der Waals surface area contributed by atoms with Crippen LogP contribution in [0.5, 0.6) is 0 Å². The average molecular weight is 368 g/mol. The van der Waals surface area contributed by atoms with E-state index in [9.17, 15) is 18.7 Å². The van der Waals surface area contributed by atoms with Crippen molar-refractivity contribution in [3.8, 4) is 11.3 Å². The zero-order valence-electron chi connectivity index (χ0n) is 14.5. The maximum atomic E-state index is 14.3. The molecule has 1 unspecified atom stereocenters. The molecule has 1 fully saturated rings. The number of aromatic nitrogens is 1. The van der Waals surface area contributed by atoms with Gasteiger partial charge in [0, 0.05) is 11.9 Å². The van der Waals surface area contributed by atoms with Gasteiger partial charge in [-0.2, -0.15) is 0 Å². The molecule has 1 amide bonds. The van der Waals surface area contributed by atoms with E-state index in [0.717, 1.165) is 12.8 Å². The number of hydrogen-bond donors (Lipinski definition) is 1. The Morgan fingerprint density at radius 2 is 1.89 bits per heavy atom. The molecular weight excluding hydrogens is 350 g/mol. The summed E-state index contributed by atoms with van der Waals surface area (Å²) in [6, 6.07) is 11.9. The number of rotatable bonds is 3. The Bertz CT molecular complexity index is 1000. The molecule has 1 aliphatic rings. The van der Waals surface area contributed by atoms with Crippen LogP contribution in [-0.2, 0) is 0 Å². The summed E-state index contributed by atoms with van der Waals surface area (Å²) in [7, 11) is 0. The van der Waals surface area contributed by atoms with Crippen LogP contribution in [0.1, 0.15) is 23.2 Å². The Balaban J connectivity index is 1.91. The number of fused-ring (bicyclic) bond motifs is 1. The molecule has 2 aromatic carbocycles. The molecule has 1 atom stereocenters. The van der Waals surface area contributed by atoms with Gasteiger partial charge in [0.1, 0.15) is 11.6 Å². The number of likely N-dealkylation sites (tertiary alicyclic amines) is 1. The summed E-state index contributed by atoms with van der Waals surface area (Å²) in [4.78, 5) is 19.2. The van der Waals surface area contributed by atoms with Gasteiger partial charge in [0.15, 0.2) is 0 Å². The number of amides is 1. The Kier molecular flexibility index (Phi) is 4.58. The molecule has 1 aromatic heterocycles. The molecule has 0 aliphatic carbocycles. The van der Waals surface area contributed by atoms with Crippen LogP contribution >= 0.6 is 0 Å². The number of aliphatic hydroxyl groups is 1. The van der Waals surface area contributed by atoms with Crippen molar-refractivity contribution in [3.63, 3.8) is 0 Å². The Morgan fingerprint density at radius 1 is 1.15 bits per heavy atom. The van der Waals surface area contributed by atoms with Crippen molar-refractivity contribution in [2.24, 2.45) is 0 Å². The van der Waals surface area contributed by atoms with E-state index in [0.29, 0.717) is 23.0 Å². The Morgan fingerprint density at radius 3 is 2.63 bits per heavy atom. The highest BCUT2D eigenvalue weighted by Gasteiger charge is 2.30. The van der Waals surface area contributed by atoms with Crippen molar-refractivity contribution in [1.82, 2.24) is 9.88 Å². The highest BCUT2D eigenvalue weighted by molar-refractivity contribution is 6.07. The van der Waals surface area contributed by atoms with Crippen LogP contribution in [0, 0.1) is 11.6 Å². The molecule has 0 bridgehead atoms. The summed E-state index contributed by atoms with van der Waals surface area (Å²) < 4.78 is 28.6. The summed E-state index contributed by atoms with van der Waals surface area (Å²) in [5.41, 5.74) is 0.643. The second-order valence-corrected chi connectivity index (χ2v) is 6.65. The molecule has 0 spiro atoms. The van der Waals surface area contributed by atoms with Gasteiger partial charge in [-0.15, -0.1) is 0 Å². The van der Waals surface area contributed by atoms with Crippen molar-refractivity contribution in [2.45, 2.75) is 18.9 Å². The molecule has 3 aromatic rings. The minimum Gasteiger partial charge on any atom is -0.394 e. The second kappa shape index (κ2) is 7.04. The van der Waals surface area contributed by atoms with Crippen molar-refractivity contribution >= 4 is 16.8 Å². The van der Waals surface area contributed by atoms with Gasteiger partial charge in [0.2, 0.25) is 0 Å². The van der Waals surface area contributed by atoms with E-state index < -0.39 is 11.6 Å². The van der Waals surface area contributed by atoms with Crippen LogP contribution in [-0.4, -0.2) is 40.1 Å². The van der Waals surface area contributed by atoms with Crippen LogP contribution in [0.3, 0.4) is 0 Å². The van der Waals surface area contributed by atoms with Crippen LogP contribution in [0.4, 0.5) is 8.78 Å². The van der Waals surface area contributed by atoms with Crippen LogP contribution in [0.2, 0.25) is 0 Å². The fraction of sp³-hybridized carbons (Fsp3) is 0.238. The van der Waals surface area contributed by atoms with E-state index in [1.165, 1.54) is 24.3 Å². The van der Waals surface area contributed by atoms with Gasteiger partial charge in [-0.05, 0) is 37.1 Å². The van der Waals surface area contributed by atoms with Gasteiger partial charge in [0.25, 0.3) is 5.91 Å². The summed E-state index contributed by atoms with van der Waals surface area (Å²) in [5, 5.41) is 10.2. The van der Waals surface area contributed by atoms with E-state index in [-0.39, 0.29) is 29.8 Å². The predicted molar refractivity (Wildman–Crippen MR) is 98.2 cm³/mol. The van der Waals surface area contributed by atoms with Gasteiger partial charge in [0.05, 0.1) is 35.0 Å². The first-order valence-corrected chi connectivity index (χ1v) is 8.86. The first-order valence-electron chi connectivity index (χ1n) is 8.86. The van der Waals surface area contributed by atoms with Crippen molar-refractivity contribution in [1.29, 1.82) is 0 Å². The second-order valence-electron chi connectivity index (χ2n) is 6.65. The largest absolute Gasteiger partial charge is 0.394 e. The zero-order valence-corrected chi connectivity index (χ0v) is 14.5. The maximum absolute atomic E-state index is 14.3. The number of benzene rings is 2. The van der Waals surface area contributed by atoms with Crippen LogP contribution in [0.15, 0.2) is 48.5 Å². The van der Waals surface area contributed by atoms with E-state index in [4.69, 9.17) is 0 Å². The molecule has 1 aliphatic heterocycles. The lowest BCUT2D eigenvalue weighted by Gasteiger charge is -2.24. The molecule has 138 valence electrons. The number of pyridine rings is 1. The number of aliphatic hydroxyl groups excluding tert-OH is 1.